The largest absolute Gasteiger partial charge is 0.494 e. The summed E-state index contributed by atoms with van der Waals surface area (Å²) in [6.07, 6.45) is -1.68. The number of primary amides is 2. The van der Waals surface area contributed by atoms with Gasteiger partial charge in [0.15, 0.2) is 23.3 Å². The lowest BCUT2D eigenvalue weighted by Gasteiger charge is -2.43. The quantitative estimate of drug-likeness (QED) is 0.434. The topological polar surface area (TPSA) is 114 Å². The van der Waals surface area contributed by atoms with Crippen LogP contribution < -0.4 is 20.9 Å². The van der Waals surface area contributed by atoms with Crippen molar-refractivity contribution >= 4 is 23.6 Å². The fraction of sp³-hybridized carbons (Fsp3) is 0.286. The Labute approximate surface area is 219 Å². The predicted octanol–water partition coefficient (Wildman–Crippen LogP) is 5.59. The molecule has 2 amide bonds. The summed E-state index contributed by atoms with van der Waals surface area (Å²) >= 11 is 6.66. The van der Waals surface area contributed by atoms with Crippen LogP contribution in [0.3, 0.4) is 0 Å². The van der Waals surface area contributed by atoms with Crippen molar-refractivity contribution in [1.29, 1.82) is 0 Å². The molecule has 1 aliphatic rings. The maximum absolute atomic E-state index is 15.7. The molecule has 0 aliphatic carbocycles. The third-order valence-corrected chi connectivity index (χ3v) is 6.81. The summed E-state index contributed by atoms with van der Waals surface area (Å²) in [6, 6.07) is 15.2. The van der Waals surface area contributed by atoms with Gasteiger partial charge in [-0.1, -0.05) is 62.7 Å². The van der Waals surface area contributed by atoms with Crippen LogP contribution in [0.15, 0.2) is 54.6 Å². The minimum Gasteiger partial charge on any atom is -0.494 e. The van der Waals surface area contributed by atoms with Crippen molar-refractivity contribution in [2.75, 3.05) is 7.11 Å². The number of hydrogen-bond acceptors (Lipinski definition) is 5. The van der Waals surface area contributed by atoms with Gasteiger partial charge in [-0.3, -0.25) is 4.79 Å². The zero-order valence-corrected chi connectivity index (χ0v) is 21.7. The number of carbonyl (C=O) groups is 2. The molecular formula is C28H28ClFN2O5. The Hall–Kier alpha value is -3.78. The number of amides is 2. The van der Waals surface area contributed by atoms with E-state index in [9.17, 15) is 9.59 Å². The fourth-order valence-corrected chi connectivity index (χ4v) is 5.34. The number of rotatable bonds is 6. The van der Waals surface area contributed by atoms with Crippen LogP contribution in [0.5, 0.6) is 11.5 Å². The molecule has 0 bridgehead atoms. The van der Waals surface area contributed by atoms with E-state index in [0.29, 0.717) is 11.3 Å². The number of halogens is 2. The van der Waals surface area contributed by atoms with Gasteiger partial charge in [-0.15, -0.1) is 0 Å². The molecule has 37 heavy (non-hydrogen) atoms. The Kier molecular flexibility index (Phi) is 6.81. The number of fused-ring (bicyclic) bond motifs is 1. The number of benzene rings is 3. The van der Waals surface area contributed by atoms with Gasteiger partial charge in [-0.25, -0.2) is 9.18 Å². The van der Waals surface area contributed by atoms with Crippen LogP contribution in [0.2, 0.25) is 5.02 Å². The summed E-state index contributed by atoms with van der Waals surface area (Å²) in [6.45, 7) is 5.70. The summed E-state index contributed by atoms with van der Waals surface area (Å²) in [7, 11) is 1.32. The lowest BCUT2D eigenvalue weighted by atomic mass is 9.72. The zero-order chi connectivity index (χ0) is 27.1. The first-order valence-corrected chi connectivity index (χ1v) is 12.0. The molecule has 7 nitrogen and oxygen atoms in total. The molecule has 4 rings (SSSR count). The van der Waals surface area contributed by atoms with Crippen molar-refractivity contribution in [1.82, 2.24) is 0 Å². The lowest BCUT2D eigenvalue weighted by molar-refractivity contribution is -0.100. The number of methoxy groups -OCH3 is 1. The van der Waals surface area contributed by atoms with E-state index < -0.39 is 34.9 Å². The Balaban J connectivity index is 2.02. The molecule has 3 aromatic rings. The van der Waals surface area contributed by atoms with Gasteiger partial charge in [0.25, 0.3) is 0 Å². The van der Waals surface area contributed by atoms with Crippen LogP contribution in [0.4, 0.5) is 9.18 Å². The molecule has 2 atom stereocenters. The monoisotopic (exact) mass is 526 g/mol. The van der Waals surface area contributed by atoms with Crippen molar-refractivity contribution in [2.24, 2.45) is 16.9 Å². The standard InChI is InChI=1S/C28H28ClFN2O5/c1-27(2,3)25(36-26(32)34)28(15-8-6-5-7-9-15)14-17-19(37-28)13-11-18(29)21(17)22-16(24(31)33)10-12-20(35-4)23(22)30/h5-13,25H,14H2,1-4H3,(H2,31,33)(H2,32,34). The normalized spacial score (nSPS) is 17.5. The SMILES string of the molecule is COc1ccc(C(N)=O)c(-c2c(Cl)ccc3c2CC(c2ccccc2)(C(OC(N)=O)C(C)(C)C)O3)c1F. The molecule has 1 aliphatic heterocycles. The third kappa shape index (κ3) is 4.57. The fourth-order valence-electron chi connectivity index (χ4n) is 5.07. The molecule has 2 unspecified atom stereocenters. The van der Waals surface area contributed by atoms with Gasteiger partial charge in [0.05, 0.1) is 12.7 Å². The van der Waals surface area contributed by atoms with Crippen LogP contribution in [0, 0.1) is 11.2 Å². The molecule has 9 heteroatoms. The summed E-state index contributed by atoms with van der Waals surface area (Å²) in [5.74, 6) is -1.30. The molecule has 0 fully saturated rings. The Morgan fingerprint density at radius 3 is 2.30 bits per heavy atom. The van der Waals surface area contributed by atoms with Gasteiger partial charge in [-0.05, 0) is 29.8 Å². The Bertz CT molecular complexity index is 1370. The van der Waals surface area contributed by atoms with Crippen molar-refractivity contribution in [3.05, 3.63) is 82.1 Å². The lowest BCUT2D eigenvalue weighted by Crippen LogP contribution is -2.53. The van der Waals surface area contributed by atoms with E-state index >= 15 is 4.39 Å². The molecule has 3 aromatic carbocycles. The number of ether oxygens (including phenoxy) is 3. The first-order valence-electron chi connectivity index (χ1n) is 11.6. The molecule has 194 valence electrons. The summed E-state index contributed by atoms with van der Waals surface area (Å²) in [5.41, 5.74) is 10.6. The van der Waals surface area contributed by atoms with Crippen molar-refractivity contribution < 1.29 is 28.2 Å². The maximum Gasteiger partial charge on any atom is 0.404 e. The highest BCUT2D eigenvalue weighted by atomic mass is 35.5. The Morgan fingerprint density at radius 1 is 1.05 bits per heavy atom. The van der Waals surface area contributed by atoms with Gasteiger partial charge in [-0.2, -0.15) is 0 Å². The molecular weight excluding hydrogens is 499 g/mol. The van der Waals surface area contributed by atoms with E-state index in [1.165, 1.54) is 19.2 Å². The van der Waals surface area contributed by atoms with E-state index in [-0.39, 0.29) is 33.9 Å². The smallest absolute Gasteiger partial charge is 0.404 e. The van der Waals surface area contributed by atoms with E-state index in [1.807, 2.05) is 51.1 Å². The first kappa shape index (κ1) is 26.3. The number of nitrogens with two attached hydrogens (primary N) is 2. The Morgan fingerprint density at radius 2 is 1.73 bits per heavy atom. The second-order valence-corrected chi connectivity index (χ2v) is 10.4. The van der Waals surface area contributed by atoms with Crippen LogP contribution in [-0.4, -0.2) is 25.2 Å². The van der Waals surface area contributed by atoms with E-state index in [2.05, 4.69) is 0 Å². The molecule has 0 saturated carbocycles. The van der Waals surface area contributed by atoms with Crippen molar-refractivity contribution in [3.8, 4) is 22.6 Å². The van der Waals surface area contributed by atoms with Gasteiger partial charge < -0.3 is 25.7 Å². The second-order valence-electron chi connectivity index (χ2n) is 9.98. The highest BCUT2D eigenvalue weighted by molar-refractivity contribution is 6.34. The highest BCUT2D eigenvalue weighted by Crippen LogP contribution is 2.53. The predicted molar refractivity (Wildman–Crippen MR) is 138 cm³/mol. The highest BCUT2D eigenvalue weighted by Gasteiger charge is 2.55. The maximum atomic E-state index is 15.7. The van der Waals surface area contributed by atoms with Crippen molar-refractivity contribution in [2.45, 2.75) is 38.9 Å². The van der Waals surface area contributed by atoms with Crippen LogP contribution in [0.1, 0.15) is 42.3 Å². The second kappa shape index (κ2) is 9.59. The molecule has 0 saturated heterocycles. The van der Waals surface area contributed by atoms with Gasteiger partial charge in [0.1, 0.15) is 5.75 Å². The number of carbonyl (C=O) groups excluding carboxylic acids is 2. The average Bonchev–Trinajstić information content (AvgIpc) is 3.23. The van der Waals surface area contributed by atoms with Gasteiger partial charge in [0.2, 0.25) is 5.91 Å². The minimum absolute atomic E-state index is 0.0634. The third-order valence-electron chi connectivity index (χ3n) is 6.50. The number of hydrogen-bond donors (Lipinski definition) is 2. The van der Waals surface area contributed by atoms with Crippen LogP contribution in [-0.2, 0) is 16.8 Å². The van der Waals surface area contributed by atoms with E-state index in [4.69, 9.17) is 37.3 Å². The van der Waals surface area contributed by atoms with Gasteiger partial charge >= 0.3 is 6.09 Å². The molecule has 0 aromatic heterocycles. The van der Waals surface area contributed by atoms with E-state index in [1.54, 1.807) is 12.1 Å². The summed E-state index contributed by atoms with van der Waals surface area (Å²) in [5, 5.41) is 0.184. The average molecular weight is 527 g/mol. The van der Waals surface area contributed by atoms with Crippen molar-refractivity contribution in [3.63, 3.8) is 0 Å². The van der Waals surface area contributed by atoms with Crippen LogP contribution >= 0.6 is 11.6 Å². The summed E-state index contributed by atoms with van der Waals surface area (Å²) in [4.78, 5) is 24.4. The van der Waals surface area contributed by atoms with Crippen LogP contribution in [0.25, 0.3) is 11.1 Å². The molecule has 1 heterocycles. The molecule has 0 spiro atoms. The molecule has 0 radical (unpaired) electrons. The minimum atomic E-state index is -1.24. The van der Waals surface area contributed by atoms with Gasteiger partial charge in [0, 0.05) is 33.5 Å². The molecule has 4 N–H and O–H groups in total. The summed E-state index contributed by atoms with van der Waals surface area (Å²) < 4.78 is 33.2. The first-order chi connectivity index (χ1) is 17.4. The zero-order valence-electron chi connectivity index (χ0n) is 20.9. The van der Waals surface area contributed by atoms with E-state index in [0.717, 1.165) is 5.56 Å².